The average Bonchev–Trinajstić information content (AvgIpc) is 2.37. The van der Waals surface area contributed by atoms with Crippen LogP contribution in [0.25, 0.3) is 0 Å². The molecule has 0 fully saturated rings. The number of carbonyl (C=O) groups excluding carboxylic acids is 1. The molecular weight excluding hydrogens is 232 g/mol. The van der Waals surface area contributed by atoms with E-state index < -0.39 is 0 Å². The molecular formula is C13H20N2O3. The van der Waals surface area contributed by atoms with E-state index in [1.165, 1.54) is 0 Å². The zero-order valence-electron chi connectivity index (χ0n) is 10.9. The quantitative estimate of drug-likeness (QED) is 0.748. The summed E-state index contributed by atoms with van der Waals surface area (Å²) in [4.78, 5) is 11.7. The van der Waals surface area contributed by atoms with Crippen LogP contribution in [0.15, 0.2) is 24.3 Å². The van der Waals surface area contributed by atoms with E-state index in [9.17, 15) is 4.79 Å². The van der Waals surface area contributed by atoms with Crippen LogP contribution < -0.4 is 15.4 Å². The van der Waals surface area contributed by atoms with E-state index in [-0.39, 0.29) is 24.6 Å². The van der Waals surface area contributed by atoms with Gasteiger partial charge in [0, 0.05) is 24.4 Å². The van der Waals surface area contributed by atoms with Crippen molar-refractivity contribution >= 4 is 11.7 Å². The van der Waals surface area contributed by atoms with E-state index >= 15 is 0 Å². The van der Waals surface area contributed by atoms with Crippen LogP contribution >= 0.6 is 0 Å². The van der Waals surface area contributed by atoms with Crippen molar-refractivity contribution < 1.29 is 14.6 Å². The molecule has 0 aliphatic carbocycles. The lowest BCUT2D eigenvalue weighted by atomic mass is 10.1. The second kappa shape index (κ2) is 6.86. The third kappa shape index (κ3) is 4.25. The molecule has 0 saturated carbocycles. The summed E-state index contributed by atoms with van der Waals surface area (Å²) in [6.07, 6.45) is 0. The molecule has 1 aromatic rings. The van der Waals surface area contributed by atoms with Gasteiger partial charge in [0.25, 0.3) is 0 Å². The molecule has 5 nitrogen and oxygen atoms in total. The highest BCUT2D eigenvalue weighted by Crippen LogP contribution is 2.16. The smallest absolute Gasteiger partial charge is 0.319 e. The number of methoxy groups -OCH3 is 1. The lowest BCUT2D eigenvalue weighted by Crippen LogP contribution is -2.40. The molecule has 3 N–H and O–H groups in total. The van der Waals surface area contributed by atoms with Crippen molar-refractivity contribution in [1.29, 1.82) is 0 Å². The van der Waals surface area contributed by atoms with Crippen LogP contribution in [-0.4, -0.2) is 30.9 Å². The van der Waals surface area contributed by atoms with Gasteiger partial charge >= 0.3 is 6.03 Å². The van der Waals surface area contributed by atoms with Crippen LogP contribution in [0.5, 0.6) is 5.75 Å². The van der Waals surface area contributed by atoms with E-state index in [1.807, 2.05) is 13.8 Å². The highest BCUT2D eigenvalue weighted by Gasteiger charge is 2.13. The Morgan fingerprint density at radius 1 is 1.44 bits per heavy atom. The summed E-state index contributed by atoms with van der Waals surface area (Å²) < 4.78 is 5.07. The maximum absolute atomic E-state index is 11.7. The molecule has 0 aliphatic heterocycles. The normalized spacial score (nSPS) is 13.6. The van der Waals surface area contributed by atoms with Crippen molar-refractivity contribution in [2.45, 2.75) is 19.9 Å². The van der Waals surface area contributed by atoms with E-state index in [0.29, 0.717) is 11.4 Å². The van der Waals surface area contributed by atoms with E-state index in [2.05, 4.69) is 10.6 Å². The first-order chi connectivity index (χ1) is 8.56. The number of rotatable bonds is 5. The number of benzene rings is 1. The predicted octanol–water partition coefficient (Wildman–Crippen LogP) is 1.83. The van der Waals surface area contributed by atoms with Gasteiger partial charge in [-0.3, -0.25) is 0 Å². The van der Waals surface area contributed by atoms with Gasteiger partial charge in [-0.1, -0.05) is 13.0 Å². The summed E-state index contributed by atoms with van der Waals surface area (Å²) in [7, 11) is 1.57. The molecule has 0 heterocycles. The number of nitrogens with one attached hydrogen (secondary N) is 2. The summed E-state index contributed by atoms with van der Waals surface area (Å²) in [5.74, 6) is 0.700. The number of aliphatic hydroxyl groups excluding tert-OH is 1. The molecule has 0 saturated heterocycles. The van der Waals surface area contributed by atoms with Gasteiger partial charge in [-0.05, 0) is 25.0 Å². The van der Waals surface area contributed by atoms with Crippen LogP contribution in [0.1, 0.15) is 13.8 Å². The maximum Gasteiger partial charge on any atom is 0.319 e. The first-order valence-corrected chi connectivity index (χ1v) is 5.89. The number of amides is 2. The molecule has 0 spiro atoms. The van der Waals surface area contributed by atoms with Gasteiger partial charge in [0.05, 0.1) is 7.11 Å². The fraction of sp³-hybridized carbons (Fsp3) is 0.462. The SMILES string of the molecule is COc1cccc(NC(=O)NC(C)C(C)CO)c1. The fourth-order valence-electron chi connectivity index (χ4n) is 1.38. The molecule has 5 heteroatoms. The maximum atomic E-state index is 11.7. The number of hydrogen-bond donors (Lipinski definition) is 3. The van der Waals surface area contributed by atoms with Crippen LogP contribution in [0, 0.1) is 5.92 Å². The Morgan fingerprint density at radius 2 is 2.17 bits per heavy atom. The monoisotopic (exact) mass is 252 g/mol. The Balaban J connectivity index is 2.53. The zero-order valence-corrected chi connectivity index (χ0v) is 10.9. The largest absolute Gasteiger partial charge is 0.497 e. The number of hydrogen-bond acceptors (Lipinski definition) is 3. The predicted molar refractivity (Wildman–Crippen MR) is 70.9 cm³/mol. The van der Waals surface area contributed by atoms with E-state index in [1.54, 1.807) is 31.4 Å². The Kier molecular flexibility index (Phi) is 5.45. The molecule has 0 bridgehead atoms. The molecule has 0 radical (unpaired) electrons. The number of carbonyl (C=O) groups is 1. The number of urea groups is 1. The summed E-state index contributed by atoms with van der Waals surface area (Å²) in [6, 6.07) is 6.73. The van der Waals surface area contributed by atoms with Crippen LogP contribution in [-0.2, 0) is 0 Å². The molecule has 2 atom stereocenters. The van der Waals surface area contributed by atoms with Crippen molar-refractivity contribution in [1.82, 2.24) is 5.32 Å². The lowest BCUT2D eigenvalue weighted by Gasteiger charge is -2.19. The van der Waals surface area contributed by atoms with Gasteiger partial charge in [-0.2, -0.15) is 0 Å². The standard InChI is InChI=1S/C13H20N2O3/c1-9(8-16)10(2)14-13(17)15-11-5-4-6-12(7-11)18-3/h4-7,9-10,16H,8H2,1-3H3,(H2,14,15,17). The highest BCUT2D eigenvalue weighted by molar-refractivity contribution is 5.89. The zero-order chi connectivity index (χ0) is 13.5. The van der Waals surface area contributed by atoms with Gasteiger partial charge in [0.15, 0.2) is 0 Å². The van der Waals surface area contributed by atoms with Crippen LogP contribution in [0.4, 0.5) is 10.5 Å². The molecule has 18 heavy (non-hydrogen) atoms. The Hall–Kier alpha value is -1.75. The van der Waals surface area contributed by atoms with Crippen molar-refractivity contribution in [3.05, 3.63) is 24.3 Å². The summed E-state index contributed by atoms with van der Waals surface area (Å²) in [5, 5.41) is 14.5. The lowest BCUT2D eigenvalue weighted by molar-refractivity contribution is 0.204. The van der Waals surface area contributed by atoms with E-state index in [0.717, 1.165) is 0 Å². The molecule has 1 rings (SSSR count). The molecule has 2 amide bonds. The van der Waals surface area contributed by atoms with Crippen molar-refractivity contribution in [2.75, 3.05) is 19.0 Å². The number of aliphatic hydroxyl groups is 1. The second-order valence-electron chi connectivity index (χ2n) is 4.28. The van der Waals surface area contributed by atoms with Crippen molar-refractivity contribution in [3.63, 3.8) is 0 Å². The van der Waals surface area contributed by atoms with Gasteiger partial charge in [0.2, 0.25) is 0 Å². The van der Waals surface area contributed by atoms with Crippen LogP contribution in [0.3, 0.4) is 0 Å². The molecule has 2 unspecified atom stereocenters. The van der Waals surface area contributed by atoms with Gasteiger partial charge in [-0.25, -0.2) is 4.79 Å². The summed E-state index contributed by atoms with van der Waals surface area (Å²) >= 11 is 0. The van der Waals surface area contributed by atoms with Gasteiger partial charge in [0.1, 0.15) is 5.75 Å². The molecule has 1 aromatic carbocycles. The topological polar surface area (TPSA) is 70.6 Å². The third-order valence-corrected chi connectivity index (χ3v) is 2.83. The highest BCUT2D eigenvalue weighted by atomic mass is 16.5. The van der Waals surface area contributed by atoms with Crippen LogP contribution in [0.2, 0.25) is 0 Å². The third-order valence-electron chi connectivity index (χ3n) is 2.83. The van der Waals surface area contributed by atoms with Gasteiger partial charge < -0.3 is 20.5 Å². The van der Waals surface area contributed by atoms with Crippen molar-refractivity contribution in [2.24, 2.45) is 5.92 Å². The average molecular weight is 252 g/mol. The molecule has 100 valence electrons. The second-order valence-corrected chi connectivity index (χ2v) is 4.28. The van der Waals surface area contributed by atoms with Crippen molar-refractivity contribution in [3.8, 4) is 5.75 Å². The minimum Gasteiger partial charge on any atom is -0.497 e. The van der Waals surface area contributed by atoms with E-state index in [4.69, 9.17) is 9.84 Å². The Morgan fingerprint density at radius 3 is 2.78 bits per heavy atom. The first kappa shape index (κ1) is 14.3. The molecule has 0 aromatic heterocycles. The molecule has 0 aliphatic rings. The minimum absolute atomic E-state index is 0.0149. The number of ether oxygens (including phenoxy) is 1. The summed E-state index contributed by atoms with van der Waals surface area (Å²) in [6.45, 7) is 3.77. The minimum atomic E-state index is -0.295. The fourth-order valence-corrected chi connectivity index (χ4v) is 1.38. The summed E-state index contributed by atoms with van der Waals surface area (Å²) in [5.41, 5.74) is 0.663. The Labute approximate surface area is 107 Å². The van der Waals surface area contributed by atoms with Gasteiger partial charge in [-0.15, -0.1) is 0 Å². The Bertz CT molecular complexity index is 396. The first-order valence-electron chi connectivity index (χ1n) is 5.89. The number of anilines is 1.